The van der Waals surface area contributed by atoms with Gasteiger partial charge in [-0.15, -0.1) is 0 Å². The largest absolute Gasteiger partial charge is 0.493 e. The molecule has 3 amide bonds. The van der Waals surface area contributed by atoms with E-state index in [0.29, 0.717) is 13.1 Å². The van der Waals surface area contributed by atoms with Crippen LogP contribution >= 0.6 is 0 Å². The quantitative estimate of drug-likeness (QED) is 0.723. The number of nitrogens with zero attached hydrogens (tertiary/aromatic N) is 2. The van der Waals surface area contributed by atoms with Gasteiger partial charge in [0, 0.05) is 18.7 Å². The Labute approximate surface area is 166 Å². The molecule has 1 atom stereocenters. The number of carbonyl (C=O) groups excluding carboxylic acids is 2. The number of urea groups is 1. The van der Waals surface area contributed by atoms with E-state index in [2.05, 4.69) is 6.07 Å². The number of rotatable bonds is 5. The van der Waals surface area contributed by atoms with Crippen LogP contribution in [0.4, 0.5) is 4.79 Å². The minimum Gasteiger partial charge on any atom is -0.493 e. The van der Waals surface area contributed by atoms with Gasteiger partial charge in [-0.1, -0.05) is 0 Å². The molecule has 1 aromatic carbocycles. The lowest BCUT2D eigenvalue weighted by Gasteiger charge is -2.37. The van der Waals surface area contributed by atoms with Crippen molar-refractivity contribution >= 4 is 11.9 Å². The molecule has 0 aliphatic carbocycles. The number of methoxy groups -OCH3 is 2. The molecule has 8 nitrogen and oxygen atoms in total. The number of amides is 3. The van der Waals surface area contributed by atoms with E-state index in [1.54, 1.807) is 19.1 Å². The zero-order valence-corrected chi connectivity index (χ0v) is 16.8. The number of benzene rings is 1. The van der Waals surface area contributed by atoms with Crippen LogP contribution in [0.25, 0.3) is 0 Å². The number of primary amides is 1. The smallest absolute Gasteiger partial charge is 0.314 e. The molecule has 0 spiro atoms. The van der Waals surface area contributed by atoms with E-state index in [1.807, 2.05) is 17.0 Å². The second-order valence-corrected chi connectivity index (χ2v) is 7.56. The van der Waals surface area contributed by atoms with Crippen LogP contribution in [0, 0.1) is 5.92 Å². The molecule has 8 heteroatoms. The fourth-order valence-corrected chi connectivity index (χ4v) is 4.14. The third-order valence-electron chi connectivity index (χ3n) is 5.77. The summed E-state index contributed by atoms with van der Waals surface area (Å²) < 4.78 is 10.7. The summed E-state index contributed by atoms with van der Waals surface area (Å²) in [5, 5.41) is 0. The van der Waals surface area contributed by atoms with Crippen LogP contribution in [0.3, 0.4) is 0 Å². The number of hydrogen-bond donors (Lipinski definition) is 2. The zero-order chi connectivity index (χ0) is 20.1. The average molecular weight is 391 g/mol. The first-order chi connectivity index (χ1) is 13.5. The van der Waals surface area contributed by atoms with Gasteiger partial charge in [-0.05, 0) is 31.0 Å². The first kappa shape index (κ1) is 20.3. The van der Waals surface area contributed by atoms with Crippen molar-refractivity contribution in [2.45, 2.75) is 19.4 Å². The third-order valence-corrected chi connectivity index (χ3v) is 5.77. The van der Waals surface area contributed by atoms with E-state index >= 15 is 0 Å². The summed E-state index contributed by atoms with van der Waals surface area (Å²) in [7, 11) is 3.28. The van der Waals surface area contributed by atoms with Crippen LogP contribution in [0.1, 0.15) is 18.4 Å². The molecule has 2 aliphatic rings. The highest BCUT2D eigenvalue weighted by Gasteiger charge is 2.33. The Morgan fingerprint density at radius 1 is 1.11 bits per heavy atom. The van der Waals surface area contributed by atoms with Crippen molar-refractivity contribution in [3.63, 3.8) is 0 Å². The van der Waals surface area contributed by atoms with Gasteiger partial charge in [0.25, 0.3) is 0 Å². The fourth-order valence-electron chi connectivity index (χ4n) is 4.14. The molecular weight excluding hydrogens is 360 g/mol. The monoisotopic (exact) mass is 391 g/mol. The van der Waals surface area contributed by atoms with Gasteiger partial charge < -0.3 is 29.9 Å². The number of piperazine rings is 1. The SMILES string of the molecule is COc1ccc(C[NH+]2CCN(C(=O)[C@H]3CCCN(C(N)=O)C3)CC2)cc1OC. The molecule has 0 bridgehead atoms. The van der Waals surface area contributed by atoms with Gasteiger partial charge in [0.1, 0.15) is 6.54 Å². The molecule has 1 aromatic rings. The normalized spacial score (nSPS) is 20.7. The van der Waals surface area contributed by atoms with Crippen LogP contribution in [-0.4, -0.2) is 75.2 Å². The Morgan fingerprint density at radius 2 is 1.82 bits per heavy atom. The summed E-state index contributed by atoms with van der Waals surface area (Å²) in [4.78, 5) is 29.2. The number of nitrogens with two attached hydrogens (primary N) is 1. The van der Waals surface area contributed by atoms with Gasteiger partial charge in [0.15, 0.2) is 11.5 Å². The molecule has 3 N–H and O–H groups in total. The van der Waals surface area contributed by atoms with Crippen molar-refractivity contribution in [1.29, 1.82) is 0 Å². The van der Waals surface area contributed by atoms with Crippen LogP contribution in [0.2, 0.25) is 0 Å². The summed E-state index contributed by atoms with van der Waals surface area (Å²) in [6.45, 7) is 5.30. The predicted molar refractivity (Wildman–Crippen MR) is 104 cm³/mol. The van der Waals surface area contributed by atoms with Crippen molar-refractivity contribution < 1.29 is 24.0 Å². The molecule has 0 aromatic heterocycles. The van der Waals surface area contributed by atoms with E-state index < -0.39 is 6.03 Å². The van der Waals surface area contributed by atoms with Crippen LogP contribution in [0.5, 0.6) is 11.5 Å². The van der Waals surface area contributed by atoms with E-state index in [-0.39, 0.29) is 11.8 Å². The number of quaternary nitrogens is 1. The van der Waals surface area contributed by atoms with Gasteiger partial charge in [0.05, 0.1) is 46.3 Å². The summed E-state index contributed by atoms with van der Waals surface area (Å²) in [6, 6.07) is 5.58. The van der Waals surface area contributed by atoms with Crippen molar-refractivity contribution in [3.8, 4) is 11.5 Å². The molecule has 3 rings (SSSR count). The maximum Gasteiger partial charge on any atom is 0.314 e. The van der Waals surface area contributed by atoms with E-state index in [0.717, 1.165) is 57.1 Å². The van der Waals surface area contributed by atoms with Crippen LogP contribution in [-0.2, 0) is 11.3 Å². The number of hydrogen-bond acceptors (Lipinski definition) is 4. The highest BCUT2D eigenvalue weighted by atomic mass is 16.5. The molecule has 2 fully saturated rings. The van der Waals surface area contributed by atoms with Gasteiger partial charge >= 0.3 is 6.03 Å². The second kappa shape index (κ2) is 9.14. The lowest BCUT2D eigenvalue weighted by molar-refractivity contribution is -0.917. The molecule has 154 valence electrons. The maximum atomic E-state index is 12.8. The number of likely N-dealkylation sites (tertiary alicyclic amines) is 1. The molecule has 0 saturated carbocycles. The molecule has 2 saturated heterocycles. The summed E-state index contributed by atoms with van der Waals surface area (Å²) in [5.41, 5.74) is 6.57. The van der Waals surface area contributed by atoms with Crippen LogP contribution in [0.15, 0.2) is 18.2 Å². The maximum absolute atomic E-state index is 12.8. The second-order valence-electron chi connectivity index (χ2n) is 7.56. The molecule has 2 heterocycles. The highest BCUT2D eigenvalue weighted by molar-refractivity contribution is 5.80. The first-order valence-electron chi connectivity index (χ1n) is 9.89. The van der Waals surface area contributed by atoms with Crippen LogP contribution < -0.4 is 20.1 Å². The standard InChI is InChI=1S/C20H30N4O4/c1-27-17-6-5-15(12-18(17)28-2)13-22-8-10-23(11-9-22)19(25)16-4-3-7-24(14-16)20(21)26/h5-6,12,16H,3-4,7-11,13-14H2,1-2H3,(H2,21,26)/p+1/t16-/m0/s1. The van der Waals surface area contributed by atoms with Crippen molar-refractivity contribution in [1.82, 2.24) is 9.80 Å². The lowest BCUT2D eigenvalue weighted by Crippen LogP contribution is -3.13. The van der Waals surface area contributed by atoms with Gasteiger partial charge in [-0.25, -0.2) is 4.79 Å². The van der Waals surface area contributed by atoms with Gasteiger partial charge in [-0.2, -0.15) is 0 Å². The van der Waals surface area contributed by atoms with E-state index in [1.165, 1.54) is 10.5 Å². The summed E-state index contributed by atoms with van der Waals surface area (Å²) in [6.07, 6.45) is 1.67. The summed E-state index contributed by atoms with van der Waals surface area (Å²) >= 11 is 0. The Hall–Kier alpha value is -2.48. The Balaban J connectivity index is 1.51. The van der Waals surface area contributed by atoms with Crippen molar-refractivity contribution in [2.24, 2.45) is 11.7 Å². The molecule has 28 heavy (non-hydrogen) atoms. The Bertz CT molecular complexity index is 703. The number of piperidine rings is 1. The number of carbonyl (C=O) groups is 2. The Kier molecular flexibility index (Phi) is 6.61. The fraction of sp³-hybridized carbons (Fsp3) is 0.600. The third kappa shape index (κ3) is 4.67. The van der Waals surface area contributed by atoms with Gasteiger partial charge in [-0.3, -0.25) is 4.79 Å². The topological polar surface area (TPSA) is 89.5 Å². The molecule has 0 radical (unpaired) electrons. The van der Waals surface area contributed by atoms with E-state index in [4.69, 9.17) is 15.2 Å². The molecule has 0 unspecified atom stereocenters. The predicted octanol–water partition coefficient (Wildman–Crippen LogP) is -0.278. The minimum absolute atomic E-state index is 0.117. The summed E-state index contributed by atoms with van der Waals surface area (Å²) in [5.74, 6) is 1.52. The van der Waals surface area contributed by atoms with Crippen molar-refractivity contribution in [3.05, 3.63) is 23.8 Å². The highest BCUT2D eigenvalue weighted by Crippen LogP contribution is 2.27. The van der Waals surface area contributed by atoms with Crippen molar-refractivity contribution in [2.75, 3.05) is 53.5 Å². The lowest BCUT2D eigenvalue weighted by atomic mass is 9.96. The number of ether oxygens (including phenoxy) is 2. The molecular formula is C20H31N4O4+. The van der Waals surface area contributed by atoms with Gasteiger partial charge in [0.2, 0.25) is 5.91 Å². The number of nitrogens with one attached hydrogen (secondary N) is 1. The minimum atomic E-state index is -0.429. The Morgan fingerprint density at radius 3 is 2.46 bits per heavy atom. The molecule has 2 aliphatic heterocycles. The first-order valence-corrected chi connectivity index (χ1v) is 9.89. The van der Waals surface area contributed by atoms with E-state index in [9.17, 15) is 9.59 Å². The average Bonchev–Trinajstić information content (AvgIpc) is 2.73. The zero-order valence-electron chi connectivity index (χ0n) is 16.8.